The second kappa shape index (κ2) is 8.19. The molecule has 1 heterocycles. The van der Waals surface area contributed by atoms with E-state index in [1.54, 1.807) is 0 Å². The molecule has 1 aromatic carbocycles. The molecule has 0 aliphatic heterocycles. The summed E-state index contributed by atoms with van der Waals surface area (Å²) in [6.45, 7) is 9.56. The molecular weight excluding hydrogens is 363 g/mol. The molecule has 2 aromatic rings. The van der Waals surface area contributed by atoms with Gasteiger partial charge < -0.3 is 10.6 Å². The van der Waals surface area contributed by atoms with Gasteiger partial charge in [0, 0.05) is 22.2 Å². The van der Waals surface area contributed by atoms with Gasteiger partial charge in [-0.05, 0) is 44.1 Å². The lowest BCUT2D eigenvalue weighted by atomic mass is 10.2. The lowest BCUT2D eigenvalue weighted by Gasteiger charge is -2.13. The molecule has 0 bridgehead atoms. The fraction of sp³-hybridized carbons (Fsp3) is 0.412. The molecule has 130 valence electrons. The topological polar surface area (TPSA) is 41.9 Å². The van der Waals surface area contributed by atoms with Crippen molar-refractivity contribution in [3.8, 4) is 0 Å². The highest BCUT2D eigenvalue weighted by molar-refractivity contribution is 7.80. The third kappa shape index (κ3) is 4.62. The van der Waals surface area contributed by atoms with Gasteiger partial charge in [-0.15, -0.1) is 0 Å². The molecule has 1 aromatic heterocycles. The quantitative estimate of drug-likeness (QED) is 0.726. The Morgan fingerprint density at radius 1 is 1.25 bits per heavy atom. The monoisotopic (exact) mass is 384 g/mol. The van der Waals surface area contributed by atoms with Crippen LogP contribution >= 0.6 is 35.4 Å². The van der Waals surface area contributed by atoms with Gasteiger partial charge in [0.1, 0.15) is 0 Å². The average Bonchev–Trinajstić information content (AvgIpc) is 2.76. The van der Waals surface area contributed by atoms with E-state index in [4.69, 9.17) is 35.4 Å². The summed E-state index contributed by atoms with van der Waals surface area (Å²) in [6, 6.07) is 5.50. The Labute approximate surface area is 158 Å². The number of hydrogen-bond acceptors (Lipinski definition) is 2. The van der Waals surface area contributed by atoms with Gasteiger partial charge in [0.2, 0.25) is 0 Å². The van der Waals surface area contributed by atoms with E-state index in [0.717, 1.165) is 29.2 Å². The van der Waals surface area contributed by atoms with Crippen LogP contribution in [-0.4, -0.2) is 21.4 Å². The van der Waals surface area contributed by atoms with Crippen LogP contribution in [0.5, 0.6) is 0 Å². The van der Waals surface area contributed by atoms with Crippen LogP contribution < -0.4 is 10.6 Å². The van der Waals surface area contributed by atoms with E-state index < -0.39 is 0 Å². The molecule has 2 N–H and O–H groups in total. The van der Waals surface area contributed by atoms with Crippen LogP contribution in [-0.2, 0) is 6.54 Å². The maximum atomic E-state index is 6.26. The Balaban J connectivity index is 2.18. The Morgan fingerprint density at radius 2 is 1.88 bits per heavy atom. The van der Waals surface area contributed by atoms with Crippen molar-refractivity contribution in [3.05, 3.63) is 45.2 Å². The largest absolute Gasteiger partial charge is 0.362 e. The number of thiocarbonyl (C=S) groups is 1. The SMILES string of the molecule is Cc1nn(Cc2c(Cl)cccc2Cl)c(C)c1NC(=S)NCC(C)C. The van der Waals surface area contributed by atoms with Crippen LogP contribution in [0.4, 0.5) is 5.69 Å². The van der Waals surface area contributed by atoms with Gasteiger partial charge in [-0.25, -0.2) is 0 Å². The van der Waals surface area contributed by atoms with Gasteiger partial charge >= 0.3 is 0 Å². The normalized spacial score (nSPS) is 11.0. The number of aryl methyl sites for hydroxylation is 1. The van der Waals surface area contributed by atoms with E-state index in [9.17, 15) is 0 Å². The molecule has 0 aliphatic rings. The number of halogens is 2. The Kier molecular flexibility index (Phi) is 6.49. The summed E-state index contributed by atoms with van der Waals surface area (Å²) in [5, 5.41) is 12.9. The number of hydrogen-bond donors (Lipinski definition) is 2. The fourth-order valence-corrected chi connectivity index (χ4v) is 3.02. The third-order valence-electron chi connectivity index (χ3n) is 3.66. The highest BCUT2D eigenvalue weighted by Crippen LogP contribution is 2.27. The molecule has 0 amide bonds. The molecule has 2 rings (SSSR count). The van der Waals surface area contributed by atoms with Crippen molar-refractivity contribution in [2.75, 3.05) is 11.9 Å². The first-order chi connectivity index (χ1) is 11.3. The predicted molar refractivity (Wildman–Crippen MR) is 106 cm³/mol. The van der Waals surface area contributed by atoms with E-state index in [0.29, 0.717) is 27.6 Å². The van der Waals surface area contributed by atoms with Crippen LogP contribution in [0.3, 0.4) is 0 Å². The number of anilines is 1. The van der Waals surface area contributed by atoms with Gasteiger partial charge in [-0.3, -0.25) is 4.68 Å². The van der Waals surface area contributed by atoms with E-state index in [-0.39, 0.29) is 0 Å². The van der Waals surface area contributed by atoms with Crippen LogP contribution in [0.1, 0.15) is 30.8 Å². The van der Waals surface area contributed by atoms with E-state index in [1.807, 2.05) is 36.7 Å². The van der Waals surface area contributed by atoms with Gasteiger partial charge in [-0.1, -0.05) is 43.1 Å². The van der Waals surface area contributed by atoms with Crippen molar-refractivity contribution in [2.24, 2.45) is 5.92 Å². The molecule has 0 saturated heterocycles. The molecule has 0 aliphatic carbocycles. The van der Waals surface area contributed by atoms with E-state index in [2.05, 4.69) is 29.6 Å². The second-order valence-electron chi connectivity index (χ2n) is 6.13. The summed E-state index contributed by atoms with van der Waals surface area (Å²) in [5.41, 5.74) is 3.64. The zero-order valence-electron chi connectivity index (χ0n) is 14.3. The summed E-state index contributed by atoms with van der Waals surface area (Å²) in [6.07, 6.45) is 0. The van der Waals surface area contributed by atoms with Crippen LogP contribution in [0, 0.1) is 19.8 Å². The number of rotatable bonds is 5. The van der Waals surface area contributed by atoms with E-state index >= 15 is 0 Å². The number of nitrogens with zero attached hydrogens (tertiary/aromatic N) is 2. The number of benzene rings is 1. The molecule has 24 heavy (non-hydrogen) atoms. The molecule has 0 unspecified atom stereocenters. The van der Waals surface area contributed by atoms with Crippen molar-refractivity contribution in [2.45, 2.75) is 34.2 Å². The molecule has 0 saturated carbocycles. The number of nitrogens with one attached hydrogen (secondary N) is 2. The maximum absolute atomic E-state index is 6.26. The highest BCUT2D eigenvalue weighted by atomic mass is 35.5. The smallest absolute Gasteiger partial charge is 0.170 e. The van der Waals surface area contributed by atoms with Gasteiger partial charge in [0.05, 0.1) is 23.6 Å². The van der Waals surface area contributed by atoms with Crippen molar-refractivity contribution >= 4 is 46.2 Å². The average molecular weight is 385 g/mol. The van der Waals surface area contributed by atoms with Crippen LogP contribution in [0.25, 0.3) is 0 Å². The van der Waals surface area contributed by atoms with Crippen LogP contribution in [0.15, 0.2) is 18.2 Å². The van der Waals surface area contributed by atoms with Gasteiger partial charge in [0.25, 0.3) is 0 Å². The molecule has 7 heteroatoms. The zero-order chi connectivity index (χ0) is 17.9. The summed E-state index contributed by atoms with van der Waals surface area (Å²) < 4.78 is 1.88. The van der Waals surface area contributed by atoms with Crippen LogP contribution in [0.2, 0.25) is 10.0 Å². The third-order valence-corrected chi connectivity index (χ3v) is 4.62. The van der Waals surface area contributed by atoms with Crippen molar-refractivity contribution < 1.29 is 0 Å². The zero-order valence-corrected chi connectivity index (χ0v) is 16.6. The lowest BCUT2D eigenvalue weighted by molar-refractivity contribution is 0.627. The maximum Gasteiger partial charge on any atom is 0.170 e. The minimum absolute atomic E-state index is 0.513. The predicted octanol–water partition coefficient (Wildman–Crippen LogP) is 4.80. The summed E-state index contributed by atoms with van der Waals surface area (Å²) in [5.74, 6) is 0.525. The van der Waals surface area contributed by atoms with Gasteiger partial charge in [-0.2, -0.15) is 5.10 Å². The first kappa shape index (κ1) is 19.0. The Morgan fingerprint density at radius 3 is 2.46 bits per heavy atom. The minimum Gasteiger partial charge on any atom is -0.362 e. The van der Waals surface area contributed by atoms with Crippen molar-refractivity contribution in [3.63, 3.8) is 0 Å². The fourth-order valence-electron chi connectivity index (χ4n) is 2.32. The minimum atomic E-state index is 0.513. The van der Waals surface area contributed by atoms with Gasteiger partial charge in [0.15, 0.2) is 5.11 Å². The molecule has 0 atom stereocenters. The summed E-state index contributed by atoms with van der Waals surface area (Å²) in [4.78, 5) is 0. The first-order valence-electron chi connectivity index (χ1n) is 7.81. The molecule has 0 fully saturated rings. The molecule has 0 radical (unpaired) electrons. The van der Waals surface area contributed by atoms with E-state index in [1.165, 1.54) is 0 Å². The molecular formula is C17H22Cl2N4S. The lowest BCUT2D eigenvalue weighted by Crippen LogP contribution is -2.31. The number of aromatic nitrogens is 2. The second-order valence-corrected chi connectivity index (χ2v) is 7.36. The first-order valence-corrected chi connectivity index (χ1v) is 8.97. The summed E-state index contributed by atoms with van der Waals surface area (Å²) >= 11 is 17.9. The Hall–Kier alpha value is -1.30. The van der Waals surface area contributed by atoms with Crippen molar-refractivity contribution in [1.82, 2.24) is 15.1 Å². The van der Waals surface area contributed by atoms with Crippen molar-refractivity contribution in [1.29, 1.82) is 0 Å². The highest BCUT2D eigenvalue weighted by Gasteiger charge is 2.15. The standard InChI is InChI=1S/C17H22Cl2N4S/c1-10(2)8-20-17(24)21-16-11(3)22-23(12(16)4)9-13-14(18)6-5-7-15(13)19/h5-7,10H,8-9H2,1-4H3,(H2,20,21,24). The molecule has 4 nitrogen and oxygen atoms in total. The summed E-state index contributed by atoms with van der Waals surface area (Å²) in [7, 11) is 0. The Bertz CT molecular complexity index is 720. The molecule has 0 spiro atoms.